The molecule has 9 aromatic carbocycles. The van der Waals surface area contributed by atoms with E-state index in [2.05, 4.69) is 206 Å². The quantitative estimate of drug-likeness (QED) is 0.171. The molecule has 0 aliphatic carbocycles. The number of hydrogen-bond donors (Lipinski definition) is 0. The van der Waals surface area contributed by atoms with Gasteiger partial charge in [0.1, 0.15) is 11.2 Å². The van der Waals surface area contributed by atoms with Crippen molar-refractivity contribution in [1.82, 2.24) is 0 Å². The average molecular weight is 721 g/mol. The van der Waals surface area contributed by atoms with E-state index in [0.717, 1.165) is 99.5 Å². The fourth-order valence-corrected chi connectivity index (χ4v) is 8.39. The van der Waals surface area contributed by atoms with Crippen molar-refractivity contribution in [1.29, 1.82) is 0 Å². The molecule has 4 heteroatoms. The smallest absolute Gasteiger partial charge is 0.178 e. The molecule has 0 aliphatic rings. The first-order valence-corrected chi connectivity index (χ1v) is 19.1. The number of anilines is 6. The maximum Gasteiger partial charge on any atom is 0.178 e. The minimum atomic E-state index is 0.773. The summed E-state index contributed by atoms with van der Waals surface area (Å²) in [5, 5.41) is 8.78. The zero-order valence-electron chi connectivity index (χ0n) is 31.0. The lowest BCUT2D eigenvalue weighted by atomic mass is 10.0. The molecule has 2 heterocycles. The first-order chi connectivity index (χ1) is 27.5. The van der Waals surface area contributed by atoms with Crippen LogP contribution in [-0.4, -0.2) is 0 Å². The van der Waals surface area contributed by atoms with Gasteiger partial charge in [-0.3, -0.25) is 0 Å². The summed E-state index contributed by atoms with van der Waals surface area (Å²) in [6.45, 7) is 4.27. The Morgan fingerprint density at radius 2 is 0.714 bits per heavy atom. The molecule has 0 N–H and O–H groups in total. The lowest BCUT2D eigenvalue weighted by Gasteiger charge is -2.26. The number of hydrogen-bond acceptors (Lipinski definition) is 4. The van der Waals surface area contributed by atoms with Crippen LogP contribution in [0.2, 0.25) is 0 Å². The van der Waals surface area contributed by atoms with Crippen molar-refractivity contribution in [2.45, 2.75) is 13.8 Å². The minimum absolute atomic E-state index is 0.773. The molecule has 0 spiro atoms. The van der Waals surface area contributed by atoms with Gasteiger partial charge in [0.2, 0.25) is 0 Å². The summed E-state index contributed by atoms with van der Waals surface area (Å²) >= 11 is 0. The van der Waals surface area contributed by atoms with Crippen LogP contribution in [-0.2, 0) is 0 Å². The Morgan fingerprint density at radius 1 is 0.304 bits per heavy atom. The van der Waals surface area contributed by atoms with E-state index in [1.54, 1.807) is 0 Å². The standard InChI is InChI=1S/C52H36N2O2/c1-33-11-9-17-41(25-33)53(39-13-5-3-6-14-39)43-21-19-35-29-47-45-23-24-46-48-30-36-20-22-44(54(40-15-7-4-8-16-40)42-18-10-12-34(2)26-42)28-38(36)32-50(48)56-52(46)51(45)55-49(47)31-37(35)27-43/h3-32H,1-2H3. The maximum absolute atomic E-state index is 6.73. The highest BCUT2D eigenvalue weighted by atomic mass is 16.4. The molecule has 0 amide bonds. The number of rotatable bonds is 6. The van der Waals surface area contributed by atoms with Crippen molar-refractivity contribution in [2.24, 2.45) is 0 Å². The molecule has 56 heavy (non-hydrogen) atoms. The zero-order valence-corrected chi connectivity index (χ0v) is 31.0. The molecule has 0 saturated heterocycles. The lowest BCUT2D eigenvalue weighted by molar-refractivity contribution is 0.634. The van der Waals surface area contributed by atoms with Gasteiger partial charge in [0.15, 0.2) is 11.2 Å². The Bertz CT molecular complexity index is 3070. The highest BCUT2D eigenvalue weighted by Crippen LogP contribution is 2.43. The molecule has 0 radical (unpaired) electrons. The van der Waals surface area contributed by atoms with E-state index >= 15 is 0 Å². The molecule has 11 aromatic rings. The van der Waals surface area contributed by atoms with Gasteiger partial charge >= 0.3 is 0 Å². The van der Waals surface area contributed by atoms with E-state index in [4.69, 9.17) is 8.83 Å². The number of nitrogens with zero attached hydrogens (tertiary/aromatic N) is 2. The first-order valence-electron chi connectivity index (χ1n) is 19.1. The van der Waals surface area contributed by atoms with E-state index < -0.39 is 0 Å². The van der Waals surface area contributed by atoms with Gasteiger partial charge in [0, 0.05) is 55.7 Å². The summed E-state index contributed by atoms with van der Waals surface area (Å²) in [5.41, 5.74) is 12.3. The van der Waals surface area contributed by atoms with E-state index in [0.29, 0.717) is 0 Å². The SMILES string of the molecule is Cc1cccc(N(c2ccccc2)c2ccc3cc4c(cc3c2)oc2c4ccc3c4cc5ccc(N(c6ccccc6)c6cccc(C)c6)cc5cc4oc32)c1. The summed E-state index contributed by atoms with van der Waals surface area (Å²) in [6.07, 6.45) is 0. The Morgan fingerprint density at radius 3 is 1.14 bits per heavy atom. The summed E-state index contributed by atoms with van der Waals surface area (Å²) < 4.78 is 13.5. The Balaban J connectivity index is 1.03. The van der Waals surface area contributed by atoms with Crippen LogP contribution in [0.3, 0.4) is 0 Å². The van der Waals surface area contributed by atoms with Crippen LogP contribution in [0.25, 0.3) is 65.4 Å². The van der Waals surface area contributed by atoms with Gasteiger partial charge in [-0.1, -0.05) is 72.8 Å². The molecule has 0 atom stereocenters. The van der Waals surface area contributed by atoms with Gasteiger partial charge < -0.3 is 18.6 Å². The van der Waals surface area contributed by atoms with Crippen LogP contribution in [0.4, 0.5) is 34.1 Å². The number of aryl methyl sites for hydroxylation is 2. The van der Waals surface area contributed by atoms with Crippen LogP contribution >= 0.6 is 0 Å². The molecule has 4 nitrogen and oxygen atoms in total. The van der Waals surface area contributed by atoms with Crippen LogP contribution in [0.5, 0.6) is 0 Å². The summed E-state index contributed by atoms with van der Waals surface area (Å²) in [5.74, 6) is 0. The van der Waals surface area contributed by atoms with Crippen LogP contribution in [0.15, 0.2) is 191 Å². The predicted octanol–water partition coefficient (Wildman–Crippen LogP) is 15.3. The summed E-state index contributed by atoms with van der Waals surface area (Å²) in [7, 11) is 0. The average Bonchev–Trinajstić information content (AvgIpc) is 3.77. The van der Waals surface area contributed by atoms with Gasteiger partial charge in [-0.25, -0.2) is 0 Å². The lowest BCUT2D eigenvalue weighted by Crippen LogP contribution is -2.09. The van der Waals surface area contributed by atoms with Gasteiger partial charge in [-0.05, 0) is 156 Å². The number of benzene rings is 9. The number of para-hydroxylation sites is 2. The van der Waals surface area contributed by atoms with Crippen molar-refractivity contribution < 1.29 is 8.83 Å². The fraction of sp³-hybridized carbons (Fsp3) is 0.0385. The van der Waals surface area contributed by atoms with Gasteiger partial charge in [-0.2, -0.15) is 0 Å². The van der Waals surface area contributed by atoms with Gasteiger partial charge in [0.05, 0.1) is 0 Å². The molecular weight excluding hydrogens is 685 g/mol. The second-order valence-electron chi connectivity index (χ2n) is 14.8. The third-order valence-corrected chi connectivity index (χ3v) is 11.0. The Labute approximate surface area is 324 Å². The Hall–Kier alpha value is -7.30. The number of fused-ring (bicyclic) bond motifs is 9. The molecule has 2 aromatic heterocycles. The van der Waals surface area contributed by atoms with Crippen molar-refractivity contribution in [3.63, 3.8) is 0 Å². The topological polar surface area (TPSA) is 32.8 Å². The molecular formula is C52H36N2O2. The zero-order chi connectivity index (χ0) is 37.3. The molecule has 0 bridgehead atoms. The van der Waals surface area contributed by atoms with Crippen molar-refractivity contribution in [3.8, 4) is 0 Å². The van der Waals surface area contributed by atoms with Crippen LogP contribution in [0.1, 0.15) is 11.1 Å². The molecule has 11 rings (SSSR count). The van der Waals surface area contributed by atoms with Crippen LogP contribution < -0.4 is 9.80 Å². The summed E-state index contributed by atoms with van der Waals surface area (Å²) in [6, 6.07) is 64.9. The normalized spacial score (nSPS) is 11.8. The van der Waals surface area contributed by atoms with Crippen molar-refractivity contribution in [2.75, 3.05) is 9.80 Å². The van der Waals surface area contributed by atoms with E-state index in [1.165, 1.54) is 11.1 Å². The minimum Gasteiger partial charge on any atom is -0.452 e. The fourth-order valence-electron chi connectivity index (χ4n) is 8.39. The van der Waals surface area contributed by atoms with Crippen LogP contribution in [0, 0.1) is 13.8 Å². The molecule has 0 aliphatic heterocycles. The van der Waals surface area contributed by atoms with Gasteiger partial charge in [0.25, 0.3) is 0 Å². The highest BCUT2D eigenvalue weighted by Gasteiger charge is 2.19. The third kappa shape index (κ3) is 5.30. The second kappa shape index (κ2) is 12.6. The van der Waals surface area contributed by atoms with E-state index in [-0.39, 0.29) is 0 Å². The molecule has 0 saturated carbocycles. The largest absolute Gasteiger partial charge is 0.452 e. The molecule has 0 fully saturated rings. The predicted molar refractivity (Wildman–Crippen MR) is 235 cm³/mol. The highest BCUT2D eigenvalue weighted by molar-refractivity contribution is 6.21. The maximum atomic E-state index is 6.73. The number of furan rings is 2. The first kappa shape index (κ1) is 32.2. The van der Waals surface area contributed by atoms with E-state index in [9.17, 15) is 0 Å². The van der Waals surface area contributed by atoms with E-state index in [1.807, 2.05) is 0 Å². The Kier molecular flexibility index (Phi) is 7.26. The van der Waals surface area contributed by atoms with Gasteiger partial charge in [-0.15, -0.1) is 0 Å². The molecule has 0 unspecified atom stereocenters. The van der Waals surface area contributed by atoms with Crippen molar-refractivity contribution in [3.05, 3.63) is 193 Å². The van der Waals surface area contributed by atoms with Crippen molar-refractivity contribution >= 4 is 99.5 Å². The summed E-state index contributed by atoms with van der Waals surface area (Å²) in [4.78, 5) is 4.61. The third-order valence-electron chi connectivity index (χ3n) is 11.0. The molecule has 266 valence electrons. The monoisotopic (exact) mass is 720 g/mol. The second-order valence-corrected chi connectivity index (χ2v) is 14.8.